The molecule has 1 unspecified atom stereocenters. The number of hydrogen-bond acceptors (Lipinski definition) is 3. The number of aromatic nitrogens is 1. The molecule has 1 aliphatic rings. The number of hydrogen-bond donors (Lipinski definition) is 1. The predicted octanol–water partition coefficient (Wildman–Crippen LogP) is 6.19. The van der Waals surface area contributed by atoms with E-state index in [4.69, 9.17) is 4.99 Å². The minimum atomic E-state index is -0.175. The van der Waals surface area contributed by atoms with Crippen LogP contribution in [0.4, 0.5) is 0 Å². The molecule has 0 saturated heterocycles. The van der Waals surface area contributed by atoms with Gasteiger partial charge in [-0.2, -0.15) is 0 Å². The highest BCUT2D eigenvalue weighted by atomic mass is 15.1. The van der Waals surface area contributed by atoms with Gasteiger partial charge in [0.05, 0.1) is 5.71 Å². The van der Waals surface area contributed by atoms with Gasteiger partial charge in [0.1, 0.15) is 6.17 Å². The molecule has 3 heteroatoms. The number of pyridine rings is 1. The molecule has 1 N–H and O–H groups in total. The number of benzene rings is 3. The maximum Gasteiger partial charge on any atom is 0.145 e. The molecule has 1 aliphatic heterocycles. The first kappa shape index (κ1) is 19.0. The Bertz CT molecular complexity index is 1240. The van der Waals surface area contributed by atoms with Gasteiger partial charge in [0, 0.05) is 23.7 Å². The molecule has 4 aromatic rings. The van der Waals surface area contributed by atoms with Gasteiger partial charge < -0.3 is 5.32 Å². The number of nitrogens with one attached hydrogen (secondary N) is 1. The molecular formula is C28H23N3. The quantitative estimate of drug-likeness (QED) is 0.443. The zero-order chi connectivity index (χ0) is 21.0. The summed E-state index contributed by atoms with van der Waals surface area (Å²) < 4.78 is 0. The molecule has 5 rings (SSSR count). The number of aryl methyl sites for hydroxylation is 1. The molecule has 150 valence electrons. The van der Waals surface area contributed by atoms with E-state index in [1.807, 2.05) is 24.4 Å². The second kappa shape index (κ2) is 8.41. The van der Waals surface area contributed by atoms with Crippen LogP contribution in [-0.2, 0) is 0 Å². The Labute approximate surface area is 182 Å². The highest BCUT2D eigenvalue weighted by Gasteiger charge is 2.20. The molecular weight excluding hydrogens is 378 g/mol. The summed E-state index contributed by atoms with van der Waals surface area (Å²) >= 11 is 0. The van der Waals surface area contributed by atoms with Gasteiger partial charge in [-0.1, -0.05) is 84.4 Å². The molecule has 0 aliphatic carbocycles. The van der Waals surface area contributed by atoms with Crippen LogP contribution in [-0.4, -0.2) is 10.7 Å². The Morgan fingerprint density at radius 2 is 1.42 bits per heavy atom. The molecule has 0 fully saturated rings. The number of nitrogens with zero attached hydrogens (tertiary/aromatic N) is 2. The van der Waals surface area contributed by atoms with Crippen molar-refractivity contribution >= 4 is 11.4 Å². The minimum Gasteiger partial charge on any atom is -0.360 e. The van der Waals surface area contributed by atoms with Crippen molar-refractivity contribution in [1.29, 1.82) is 0 Å². The maximum atomic E-state index is 5.09. The largest absolute Gasteiger partial charge is 0.360 e. The Morgan fingerprint density at radius 3 is 2.13 bits per heavy atom. The van der Waals surface area contributed by atoms with Gasteiger partial charge in [-0.25, -0.2) is 0 Å². The third-order valence-corrected chi connectivity index (χ3v) is 5.41. The van der Waals surface area contributed by atoms with Crippen molar-refractivity contribution < 1.29 is 0 Å². The van der Waals surface area contributed by atoms with E-state index >= 15 is 0 Å². The molecule has 0 bridgehead atoms. The van der Waals surface area contributed by atoms with Crippen molar-refractivity contribution in [3.63, 3.8) is 0 Å². The number of rotatable bonds is 4. The standard InChI is InChI=1S/C28H23N3/c1-20-15-24(23-13-8-14-29-19-23)17-25(16-20)28-30-26(21-9-4-2-5-10-21)18-27(31-28)22-11-6-3-7-12-22/h2-19,28,30H,1H3. The van der Waals surface area contributed by atoms with E-state index in [2.05, 4.69) is 96.1 Å². The van der Waals surface area contributed by atoms with Crippen LogP contribution in [0, 0.1) is 6.92 Å². The van der Waals surface area contributed by atoms with Gasteiger partial charge in [0.15, 0.2) is 0 Å². The second-order valence-corrected chi connectivity index (χ2v) is 7.73. The van der Waals surface area contributed by atoms with E-state index in [9.17, 15) is 0 Å². The van der Waals surface area contributed by atoms with E-state index in [0.717, 1.165) is 39.2 Å². The molecule has 0 spiro atoms. The number of allylic oxidation sites excluding steroid dienone is 1. The third kappa shape index (κ3) is 4.17. The van der Waals surface area contributed by atoms with Crippen LogP contribution in [0.5, 0.6) is 0 Å². The molecule has 1 atom stereocenters. The molecule has 0 amide bonds. The van der Waals surface area contributed by atoms with E-state index in [-0.39, 0.29) is 6.17 Å². The fraction of sp³-hybridized carbons (Fsp3) is 0.0714. The smallest absolute Gasteiger partial charge is 0.145 e. The lowest BCUT2D eigenvalue weighted by molar-refractivity contribution is 0.663. The SMILES string of the molecule is Cc1cc(-c2cccnc2)cc(C2N=C(c3ccccc3)C=C(c3ccccc3)N2)c1. The van der Waals surface area contributed by atoms with Crippen LogP contribution < -0.4 is 5.32 Å². The highest BCUT2D eigenvalue weighted by molar-refractivity contribution is 6.13. The average molecular weight is 402 g/mol. The topological polar surface area (TPSA) is 37.3 Å². The summed E-state index contributed by atoms with van der Waals surface area (Å²) in [6, 6.07) is 31.4. The van der Waals surface area contributed by atoms with Gasteiger partial charge in [0.2, 0.25) is 0 Å². The second-order valence-electron chi connectivity index (χ2n) is 7.73. The fourth-order valence-electron chi connectivity index (χ4n) is 3.91. The maximum absolute atomic E-state index is 5.09. The lowest BCUT2D eigenvalue weighted by Gasteiger charge is -2.25. The Balaban J connectivity index is 1.60. The van der Waals surface area contributed by atoms with E-state index in [1.54, 1.807) is 6.20 Å². The Morgan fingerprint density at radius 1 is 0.710 bits per heavy atom. The lowest BCUT2D eigenvalue weighted by Crippen LogP contribution is -2.25. The van der Waals surface area contributed by atoms with Crippen molar-refractivity contribution in [2.75, 3.05) is 0 Å². The zero-order valence-corrected chi connectivity index (χ0v) is 17.4. The third-order valence-electron chi connectivity index (χ3n) is 5.41. The van der Waals surface area contributed by atoms with Gasteiger partial charge in [0.25, 0.3) is 0 Å². The summed E-state index contributed by atoms with van der Waals surface area (Å²) in [4.78, 5) is 9.37. The Kier molecular flexibility index (Phi) is 5.16. The lowest BCUT2D eigenvalue weighted by atomic mass is 9.98. The summed E-state index contributed by atoms with van der Waals surface area (Å²) in [6.07, 6.45) is 5.67. The van der Waals surface area contributed by atoms with E-state index < -0.39 is 0 Å². The highest BCUT2D eigenvalue weighted by Crippen LogP contribution is 2.30. The van der Waals surface area contributed by atoms with Crippen molar-refractivity contribution in [2.45, 2.75) is 13.1 Å². The monoisotopic (exact) mass is 401 g/mol. The minimum absolute atomic E-state index is 0.175. The molecule has 2 heterocycles. The summed E-state index contributed by atoms with van der Waals surface area (Å²) in [7, 11) is 0. The van der Waals surface area contributed by atoms with Crippen molar-refractivity contribution in [3.05, 3.63) is 132 Å². The van der Waals surface area contributed by atoms with Crippen LogP contribution in [0.15, 0.2) is 114 Å². The molecule has 0 radical (unpaired) electrons. The molecule has 31 heavy (non-hydrogen) atoms. The summed E-state index contributed by atoms with van der Waals surface area (Å²) in [5.74, 6) is 0. The summed E-state index contributed by atoms with van der Waals surface area (Å²) in [5, 5.41) is 3.65. The molecule has 1 aromatic heterocycles. The van der Waals surface area contributed by atoms with Gasteiger partial charge >= 0.3 is 0 Å². The van der Waals surface area contributed by atoms with Gasteiger partial charge in [-0.3, -0.25) is 9.98 Å². The first-order chi connectivity index (χ1) is 15.3. The van der Waals surface area contributed by atoms with Crippen molar-refractivity contribution in [2.24, 2.45) is 4.99 Å². The van der Waals surface area contributed by atoms with Crippen LogP contribution in [0.1, 0.15) is 28.4 Å². The molecule has 0 saturated carbocycles. The van der Waals surface area contributed by atoms with Crippen LogP contribution in [0.2, 0.25) is 0 Å². The fourth-order valence-corrected chi connectivity index (χ4v) is 3.91. The summed E-state index contributed by atoms with van der Waals surface area (Å²) in [6.45, 7) is 2.13. The van der Waals surface area contributed by atoms with Crippen molar-refractivity contribution in [1.82, 2.24) is 10.3 Å². The summed E-state index contributed by atoms with van der Waals surface area (Å²) in [5.41, 5.74) is 8.90. The number of aliphatic imine (C=N–C) groups is 1. The van der Waals surface area contributed by atoms with Crippen LogP contribution >= 0.6 is 0 Å². The van der Waals surface area contributed by atoms with Gasteiger partial charge in [-0.15, -0.1) is 0 Å². The first-order valence-corrected chi connectivity index (χ1v) is 10.5. The Hall–Kier alpha value is -3.98. The first-order valence-electron chi connectivity index (χ1n) is 10.5. The predicted molar refractivity (Wildman–Crippen MR) is 128 cm³/mol. The van der Waals surface area contributed by atoms with Gasteiger partial charge in [-0.05, 0) is 47.4 Å². The molecule has 3 nitrogen and oxygen atoms in total. The van der Waals surface area contributed by atoms with E-state index in [1.165, 1.54) is 5.56 Å². The normalized spacial score (nSPS) is 15.6. The van der Waals surface area contributed by atoms with E-state index in [0.29, 0.717) is 0 Å². The van der Waals surface area contributed by atoms with Crippen molar-refractivity contribution in [3.8, 4) is 11.1 Å². The average Bonchev–Trinajstić information content (AvgIpc) is 2.85. The zero-order valence-electron chi connectivity index (χ0n) is 17.4. The van der Waals surface area contributed by atoms with Crippen LogP contribution in [0.3, 0.4) is 0 Å². The molecule has 3 aromatic carbocycles. The van der Waals surface area contributed by atoms with Crippen LogP contribution in [0.25, 0.3) is 16.8 Å².